The first-order valence-electron chi connectivity index (χ1n) is 7.37. The van der Waals surface area contributed by atoms with Crippen LogP contribution in [0.15, 0.2) is 24.4 Å². The van der Waals surface area contributed by atoms with E-state index in [1.165, 1.54) is 25.7 Å². The minimum absolute atomic E-state index is 0.479. The Labute approximate surface area is 119 Å². The zero-order chi connectivity index (χ0) is 14.1. The van der Waals surface area contributed by atoms with E-state index in [1.807, 2.05) is 28.8 Å². The van der Waals surface area contributed by atoms with Gasteiger partial charge >= 0.3 is 0 Å². The first-order valence-corrected chi connectivity index (χ1v) is 7.37. The Hall–Kier alpha value is -1.84. The first kappa shape index (κ1) is 13.2. The third kappa shape index (κ3) is 2.09. The fraction of sp³-hybridized carbons (Fsp3) is 0.500. The summed E-state index contributed by atoms with van der Waals surface area (Å²) in [6.07, 6.45) is 7.84. The second-order valence-corrected chi connectivity index (χ2v) is 5.81. The number of pyridine rings is 1. The number of nitrogens with zero attached hydrogens (tertiary/aromatic N) is 3. The van der Waals surface area contributed by atoms with E-state index in [2.05, 4.69) is 23.9 Å². The molecule has 0 amide bonds. The summed E-state index contributed by atoms with van der Waals surface area (Å²) in [6, 6.07) is 6.29. The lowest BCUT2D eigenvalue weighted by molar-refractivity contribution is 0.111. The van der Waals surface area contributed by atoms with Gasteiger partial charge in [0.15, 0.2) is 12.1 Å². The summed E-state index contributed by atoms with van der Waals surface area (Å²) in [5, 5.41) is 0. The van der Waals surface area contributed by atoms with Gasteiger partial charge in [-0.05, 0) is 30.9 Å². The smallest absolute Gasteiger partial charge is 0.170 e. The minimum Gasteiger partial charge on any atom is -0.355 e. The molecule has 4 heteroatoms. The van der Waals surface area contributed by atoms with Gasteiger partial charge in [-0.1, -0.05) is 25.8 Å². The summed E-state index contributed by atoms with van der Waals surface area (Å²) in [5.41, 5.74) is 1.49. The minimum atomic E-state index is 0.479. The normalized spacial score (nSPS) is 22.9. The van der Waals surface area contributed by atoms with E-state index in [4.69, 9.17) is 0 Å². The molecule has 2 unspecified atom stereocenters. The molecule has 0 bridgehead atoms. The van der Waals surface area contributed by atoms with Crippen molar-refractivity contribution in [2.75, 3.05) is 11.9 Å². The van der Waals surface area contributed by atoms with Crippen LogP contribution in [0.25, 0.3) is 5.65 Å². The van der Waals surface area contributed by atoms with Crippen molar-refractivity contribution < 1.29 is 4.79 Å². The summed E-state index contributed by atoms with van der Waals surface area (Å²) in [4.78, 5) is 18.3. The van der Waals surface area contributed by atoms with Crippen molar-refractivity contribution in [3.8, 4) is 0 Å². The highest BCUT2D eigenvalue weighted by molar-refractivity contribution is 5.83. The number of imidazole rings is 1. The van der Waals surface area contributed by atoms with Crippen LogP contribution in [0, 0.1) is 5.92 Å². The molecule has 0 N–H and O–H groups in total. The molecule has 106 valence electrons. The molecule has 2 heterocycles. The van der Waals surface area contributed by atoms with E-state index in [9.17, 15) is 4.79 Å². The van der Waals surface area contributed by atoms with Crippen molar-refractivity contribution >= 4 is 17.8 Å². The fourth-order valence-corrected chi connectivity index (χ4v) is 3.40. The Kier molecular flexibility index (Phi) is 3.47. The molecule has 1 fully saturated rings. The molecule has 0 saturated heterocycles. The Morgan fingerprint density at radius 3 is 2.90 bits per heavy atom. The van der Waals surface area contributed by atoms with Crippen LogP contribution in [0.1, 0.15) is 43.1 Å². The van der Waals surface area contributed by atoms with Gasteiger partial charge in [0.2, 0.25) is 0 Å². The average Bonchev–Trinajstić information content (AvgIpc) is 2.85. The lowest BCUT2D eigenvalue weighted by atomic mass is 9.85. The van der Waals surface area contributed by atoms with Crippen molar-refractivity contribution in [3.05, 3.63) is 30.1 Å². The highest BCUT2D eigenvalue weighted by atomic mass is 16.1. The van der Waals surface area contributed by atoms with Gasteiger partial charge in [0.1, 0.15) is 11.3 Å². The van der Waals surface area contributed by atoms with Crippen LogP contribution in [0.3, 0.4) is 0 Å². The van der Waals surface area contributed by atoms with Gasteiger partial charge in [0.05, 0.1) is 0 Å². The maximum Gasteiger partial charge on any atom is 0.170 e. The number of anilines is 1. The van der Waals surface area contributed by atoms with Gasteiger partial charge in [-0.15, -0.1) is 0 Å². The molecule has 1 aliphatic rings. The zero-order valence-electron chi connectivity index (χ0n) is 12.1. The van der Waals surface area contributed by atoms with E-state index < -0.39 is 0 Å². The van der Waals surface area contributed by atoms with E-state index in [1.54, 1.807) is 0 Å². The number of hydrogen-bond donors (Lipinski definition) is 0. The van der Waals surface area contributed by atoms with Crippen LogP contribution < -0.4 is 4.90 Å². The predicted octanol–water partition coefficient (Wildman–Crippen LogP) is 3.16. The maximum absolute atomic E-state index is 11.5. The van der Waals surface area contributed by atoms with Crippen LogP contribution in [0.4, 0.5) is 5.82 Å². The Bertz CT molecular complexity index is 619. The third-order valence-electron chi connectivity index (χ3n) is 4.56. The third-order valence-corrected chi connectivity index (χ3v) is 4.56. The van der Waals surface area contributed by atoms with E-state index >= 15 is 0 Å². The van der Waals surface area contributed by atoms with Gasteiger partial charge < -0.3 is 4.90 Å². The Balaban J connectivity index is 2.02. The molecule has 0 radical (unpaired) electrons. The van der Waals surface area contributed by atoms with Crippen molar-refractivity contribution in [2.45, 2.75) is 38.6 Å². The summed E-state index contributed by atoms with van der Waals surface area (Å²) in [7, 11) is 2.07. The molecule has 2 aromatic rings. The fourth-order valence-electron chi connectivity index (χ4n) is 3.40. The van der Waals surface area contributed by atoms with Gasteiger partial charge in [-0.25, -0.2) is 4.98 Å². The predicted molar refractivity (Wildman–Crippen MR) is 80.4 cm³/mol. The molecule has 4 nitrogen and oxygen atoms in total. The first-order chi connectivity index (χ1) is 9.72. The van der Waals surface area contributed by atoms with Gasteiger partial charge in [0, 0.05) is 19.3 Å². The number of hydrogen-bond acceptors (Lipinski definition) is 3. The summed E-state index contributed by atoms with van der Waals surface area (Å²) in [5.74, 6) is 1.46. The van der Waals surface area contributed by atoms with Crippen molar-refractivity contribution in [1.29, 1.82) is 0 Å². The van der Waals surface area contributed by atoms with Crippen LogP contribution in [-0.2, 0) is 0 Å². The number of aldehydes is 1. The van der Waals surface area contributed by atoms with Gasteiger partial charge in [-0.2, -0.15) is 0 Å². The maximum atomic E-state index is 11.5. The molecule has 20 heavy (non-hydrogen) atoms. The molecule has 0 aliphatic heterocycles. The molecule has 2 atom stereocenters. The topological polar surface area (TPSA) is 37.6 Å². The van der Waals surface area contributed by atoms with Crippen LogP contribution in [-0.4, -0.2) is 28.8 Å². The van der Waals surface area contributed by atoms with Gasteiger partial charge in [0.25, 0.3) is 0 Å². The standard InChI is InChI=1S/C16H21N3O/c1-12-7-3-4-8-13(12)18(2)16-14(11-20)19-10-6-5-9-15(19)17-16/h5-6,9-13H,3-4,7-8H2,1-2H3. The molecule has 3 rings (SSSR count). The van der Waals surface area contributed by atoms with E-state index in [-0.39, 0.29) is 0 Å². The SMILES string of the molecule is CC1CCCCC1N(C)c1nc2ccccn2c1C=O. The Morgan fingerprint density at radius 2 is 2.15 bits per heavy atom. The molecular formula is C16H21N3O. The summed E-state index contributed by atoms with van der Waals surface area (Å²) in [6.45, 7) is 2.30. The lowest BCUT2D eigenvalue weighted by Gasteiger charge is -2.36. The van der Waals surface area contributed by atoms with Crippen LogP contribution >= 0.6 is 0 Å². The zero-order valence-corrected chi connectivity index (χ0v) is 12.1. The number of carbonyl (C=O) groups is 1. The molecule has 1 saturated carbocycles. The number of rotatable bonds is 3. The summed E-state index contributed by atoms with van der Waals surface area (Å²) < 4.78 is 1.87. The molecular weight excluding hydrogens is 250 g/mol. The highest BCUT2D eigenvalue weighted by Crippen LogP contribution is 2.31. The molecule has 2 aromatic heterocycles. The number of fused-ring (bicyclic) bond motifs is 1. The second kappa shape index (κ2) is 5.27. The van der Waals surface area contributed by atoms with Gasteiger partial charge in [-0.3, -0.25) is 9.20 Å². The molecule has 1 aliphatic carbocycles. The highest BCUT2D eigenvalue weighted by Gasteiger charge is 2.28. The quantitative estimate of drug-likeness (QED) is 0.805. The van der Waals surface area contributed by atoms with Crippen molar-refractivity contribution in [2.24, 2.45) is 5.92 Å². The second-order valence-electron chi connectivity index (χ2n) is 5.81. The van der Waals surface area contributed by atoms with E-state index in [0.717, 1.165) is 17.8 Å². The molecule has 0 aromatic carbocycles. The van der Waals surface area contributed by atoms with Crippen LogP contribution in [0.2, 0.25) is 0 Å². The average molecular weight is 271 g/mol. The largest absolute Gasteiger partial charge is 0.355 e. The van der Waals surface area contributed by atoms with Crippen molar-refractivity contribution in [1.82, 2.24) is 9.38 Å². The number of carbonyl (C=O) groups excluding carboxylic acids is 1. The van der Waals surface area contributed by atoms with Crippen LogP contribution in [0.5, 0.6) is 0 Å². The monoisotopic (exact) mass is 271 g/mol. The molecule has 0 spiro atoms. The number of aromatic nitrogens is 2. The van der Waals surface area contributed by atoms with Crippen molar-refractivity contribution in [3.63, 3.8) is 0 Å². The summed E-state index contributed by atoms with van der Waals surface area (Å²) >= 11 is 0. The lowest BCUT2D eigenvalue weighted by Crippen LogP contribution is -2.39. The Morgan fingerprint density at radius 1 is 1.35 bits per heavy atom. The van der Waals surface area contributed by atoms with E-state index in [0.29, 0.717) is 17.7 Å².